The molecule has 0 bridgehead atoms. The fraction of sp³-hybridized carbons (Fsp3) is 0.882. The molecule has 0 radical (unpaired) electrons. The standard InChI is InChI=1S/C17H29NO3/c1-16(2)8-6-7-13(16)18-14(19)11-17(12-15(20)21)9-4-3-5-10-17/h13H,3-12H2,1-2H3,(H,18,19)(H,20,21). The van der Waals surface area contributed by atoms with E-state index in [1.165, 1.54) is 6.42 Å². The first-order valence-electron chi connectivity index (χ1n) is 8.34. The van der Waals surface area contributed by atoms with Crippen molar-refractivity contribution >= 4 is 11.9 Å². The molecule has 0 spiro atoms. The predicted molar refractivity (Wildman–Crippen MR) is 82.0 cm³/mol. The summed E-state index contributed by atoms with van der Waals surface area (Å²) in [5, 5.41) is 12.4. The smallest absolute Gasteiger partial charge is 0.303 e. The van der Waals surface area contributed by atoms with Crippen LogP contribution in [-0.4, -0.2) is 23.0 Å². The van der Waals surface area contributed by atoms with Crippen molar-refractivity contribution in [3.63, 3.8) is 0 Å². The van der Waals surface area contributed by atoms with E-state index in [1.807, 2.05) is 0 Å². The summed E-state index contributed by atoms with van der Waals surface area (Å²) in [6.07, 6.45) is 8.90. The maximum Gasteiger partial charge on any atom is 0.303 e. The Kier molecular flexibility index (Phi) is 4.95. The predicted octanol–water partition coefficient (Wildman–Crippen LogP) is 3.50. The van der Waals surface area contributed by atoms with Crippen LogP contribution >= 0.6 is 0 Å². The maximum atomic E-state index is 12.4. The molecule has 1 unspecified atom stereocenters. The highest BCUT2D eigenvalue weighted by Crippen LogP contribution is 2.43. The Hall–Kier alpha value is -1.06. The lowest BCUT2D eigenvalue weighted by Crippen LogP contribution is -2.44. The molecule has 1 atom stereocenters. The third-order valence-corrected chi connectivity index (χ3v) is 5.57. The van der Waals surface area contributed by atoms with Gasteiger partial charge in [-0.1, -0.05) is 39.5 Å². The number of carbonyl (C=O) groups is 2. The normalized spacial score (nSPS) is 27.2. The van der Waals surface area contributed by atoms with Gasteiger partial charge in [-0.25, -0.2) is 0 Å². The fourth-order valence-corrected chi connectivity index (χ4v) is 4.22. The lowest BCUT2D eigenvalue weighted by molar-refractivity contribution is -0.141. The minimum atomic E-state index is -0.772. The summed E-state index contributed by atoms with van der Waals surface area (Å²) >= 11 is 0. The molecule has 4 nitrogen and oxygen atoms in total. The maximum absolute atomic E-state index is 12.4. The largest absolute Gasteiger partial charge is 0.481 e. The van der Waals surface area contributed by atoms with Crippen LogP contribution in [0.4, 0.5) is 0 Å². The van der Waals surface area contributed by atoms with Crippen LogP contribution in [0.3, 0.4) is 0 Å². The molecule has 0 saturated heterocycles. The molecule has 2 rings (SSSR count). The number of carboxylic acids is 1. The quantitative estimate of drug-likeness (QED) is 0.816. The molecule has 0 aromatic carbocycles. The minimum Gasteiger partial charge on any atom is -0.481 e. The van der Waals surface area contributed by atoms with E-state index in [1.54, 1.807) is 0 Å². The van der Waals surface area contributed by atoms with E-state index in [4.69, 9.17) is 0 Å². The molecule has 2 aliphatic rings. The van der Waals surface area contributed by atoms with Crippen LogP contribution in [0.1, 0.15) is 78.1 Å². The number of carboxylic acid groups (broad SMARTS) is 1. The molecule has 21 heavy (non-hydrogen) atoms. The van der Waals surface area contributed by atoms with Crippen molar-refractivity contribution < 1.29 is 14.7 Å². The third kappa shape index (κ3) is 4.21. The van der Waals surface area contributed by atoms with Gasteiger partial charge in [-0.2, -0.15) is 0 Å². The lowest BCUT2D eigenvalue weighted by atomic mass is 9.69. The van der Waals surface area contributed by atoms with Gasteiger partial charge < -0.3 is 10.4 Å². The summed E-state index contributed by atoms with van der Waals surface area (Å²) in [5.74, 6) is -0.718. The molecule has 1 amide bonds. The van der Waals surface area contributed by atoms with Crippen LogP contribution in [0, 0.1) is 10.8 Å². The minimum absolute atomic E-state index is 0.0538. The Labute approximate surface area is 127 Å². The molecule has 2 fully saturated rings. The molecule has 2 N–H and O–H groups in total. The van der Waals surface area contributed by atoms with E-state index >= 15 is 0 Å². The number of aliphatic carboxylic acids is 1. The van der Waals surface area contributed by atoms with Gasteiger partial charge in [0, 0.05) is 12.5 Å². The molecule has 2 saturated carbocycles. The van der Waals surface area contributed by atoms with E-state index in [0.29, 0.717) is 6.42 Å². The summed E-state index contributed by atoms with van der Waals surface area (Å²) in [7, 11) is 0. The summed E-state index contributed by atoms with van der Waals surface area (Å²) in [4.78, 5) is 23.6. The van der Waals surface area contributed by atoms with Gasteiger partial charge >= 0.3 is 5.97 Å². The Morgan fingerprint density at radius 1 is 1.05 bits per heavy atom. The average molecular weight is 295 g/mol. The van der Waals surface area contributed by atoms with E-state index in [9.17, 15) is 14.7 Å². The summed E-state index contributed by atoms with van der Waals surface area (Å²) in [6, 6.07) is 0.246. The second-order valence-corrected chi connectivity index (χ2v) is 7.81. The summed E-state index contributed by atoms with van der Waals surface area (Å²) in [6.45, 7) is 4.41. The number of amides is 1. The number of rotatable bonds is 5. The number of hydrogen-bond acceptors (Lipinski definition) is 2. The lowest BCUT2D eigenvalue weighted by Gasteiger charge is -2.36. The van der Waals surface area contributed by atoms with Crippen molar-refractivity contribution in [2.24, 2.45) is 10.8 Å². The molecule has 2 aliphatic carbocycles. The topological polar surface area (TPSA) is 66.4 Å². The van der Waals surface area contributed by atoms with Crippen molar-refractivity contribution in [1.82, 2.24) is 5.32 Å². The Bertz CT molecular complexity index is 397. The van der Waals surface area contributed by atoms with Crippen molar-refractivity contribution in [2.75, 3.05) is 0 Å². The van der Waals surface area contributed by atoms with Crippen molar-refractivity contribution in [2.45, 2.75) is 84.1 Å². The SMILES string of the molecule is CC1(C)CCCC1NC(=O)CC1(CC(=O)O)CCCCC1. The Balaban J connectivity index is 1.96. The highest BCUT2D eigenvalue weighted by atomic mass is 16.4. The molecule has 0 aromatic rings. The van der Waals surface area contributed by atoms with E-state index < -0.39 is 5.97 Å². The van der Waals surface area contributed by atoms with Gasteiger partial charge in [-0.3, -0.25) is 9.59 Å². The van der Waals surface area contributed by atoms with Gasteiger partial charge in [0.05, 0.1) is 6.42 Å². The molecule has 0 aliphatic heterocycles. The number of nitrogens with one attached hydrogen (secondary N) is 1. The second kappa shape index (κ2) is 6.37. The second-order valence-electron chi connectivity index (χ2n) is 7.81. The zero-order chi connectivity index (χ0) is 15.5. The van der Waals surface area contributed by atoms with Crippen LogP contribution in [0.2, 0.25) is 0 Å². The van der Waals surface area contributed by atoms with Crippen LogP contribution < -0.4 is 5.32 Å². The Morgan fingerprint density at radius 2 is 1.71 bits per heavy atom. The van der Waals surface area contributed by atoms with E-state index in [-0.39, 0.29) is 29.2 Å². The zero-order valence-electron chi connectivity index (χ0n) is 13.4. The van der Waals surface area contributed by atoms with Gasteiger partial charge in [0.1, 0.15) is 0 Å². The van der Waals surface area contributed by atoms with Gasteiger partial charge in [-0.15, -0.1) is 0 Å². The Morgan fingerprint density at radius 3 is 2.24 bits per heavy atom. The summed E-state index contributed by atoms with van der Waals surface area (Å²) < 4.78 is 0. The first-order valence-corrected chi connectivity index (χ1v) is 8.34. The van der Waals surface area contributed by atoms with Gasteiger partial charge in [-0.05, 0) is 36.5 Å². The van der Waals surface area contributed by atoms with Crippen LogP contribution in [0.5, 0.6) is 0 Å². The van der Waals surface area contributed by atoms with Crippen LogP contribution in [-0.2, 0) is 9.59 Å². The molecule has 120 valence electrons. The highest BCUT2D eigenvalue weighted by Gasteiger charge is 2.39. The highest BCUT2D eigenvalue weighted by molar-refractivity contribution is 5.78. The molecular formula is C17H29NO3. The van der Waals surface area contributed by atoms with Gasteiger partial charge in [0.15, 0.2) is 0 Å². The molecule has 0 heterocycles. The zero-order valence-corrected chi connectivity index (χ0v) is 13.4. The third-order valence-electron chi connectivity index (χ3n) is 5.57. The summed E-state index contributed by atoms with van der Waals surface area (Å²) in [5.41, 5.74) is -0.140. The molecule has 4 heteroatoms. The first-order chi connectivity index (χ1) is 9.83. The van der Waals surface area contributed by atoms with Gasteiger partial charge in [0.25, 0.3) is 0 Å². The molecular weight excluding hydrogens is 266 g/mol. The van der Waals surface area contributed by atoms with E-state index in [0.717, 1.165) is 44.9 Å². The van der Waals surface area contributed by atoms with E-state index in [2.05, 4.69) is 19.2 Å². The van der Waals surface area contributed by atoms with Gasteiger partial charge in [0.2, 0.25) is 5.91 Å². The molecule has 0 aromatic heterocycles. The monoisotopic (exact) mass is 295 g/mol. The number of hydrogen-bond donors (Lipinski definition) is 2. The average Bonchev–Trinajstić information content (AvgIpc) is 2.68. The van der Waals surface area contributed by atoms with Crippen molar-refractivity contribution in [1.29, 1.82) is 0 Å². The van der Waals surface area contributed by atoms with Crippen LogP contribution in [0.25, 0.3) is 0 Å². The van der Waals surface area contributed by atoms with Crippen molar-refractivity contribution in [3.8, 4) is 0 Å². The fourth-order valence-electron chi connectivity index (χ4n) is 4.22. The first kappa shape index (κ1) is 16.3. The van der Waals surface area contributed by atoms with Crippen molar-refractivity contribution in [3.05, 3.63) is 0 Å². The van der Waals surface area contributed by atoms with Crippen LogP contribution in [0.15, 0.2) is 0 Å². The number of carbonyl (C=O) groups excluding carboxylic acids is 1.